The first-order valence-electron chi connectivity index (χ1n) is 7.93. The number of aryl methyl sites for hydroxylation is 1. The van der Waals surface area contributed by atoms with Gasteiger partial charge in [0, 0.05) is 25.4 Å². The van der Waals surface area contributed by atoms with Crippen LogP contribution in [0.25, 0.3) is 0 Å². The largest absolute Gasteiger partial charge is 0.384 e. The third-order valence-electron chi connectivity index (χ3n) is 4.70. The molecule has 1 aromatic rings. The Balaban J connectivity index is 1.77. The molecule has 1 aliphatic carbocycles. The smallest absolute Gasteiger partial charge is 0.102 e. The highest BCUT2D eigenvalue weighted by atomic mass is 16.3. The van der Waals surface area contributed by atoms with Gasteiger partial charge in [0.1, 0.15) is 5.60 Å². The Bertz CT molecular complexity index is 414. The summed E-state index contributed by atoms with van der Waals surface area (Å²) in [5.74, 6) is 1.69. The molecule has 1 saturated carbocycles. The lowest BCUT2D eigenvalue weighted by Crippen LogP contribution is -2.38. The van der Waals surface area contributed by atoms with Crippen LogP contribution in [0.4, 0.5) is 0 Å². The number of nitrogens with one attached hydrogen (secondary N) is 1. The summed E-state index contributed by atoms with van der Waals surface area (Å²) in [6.07, 6.45) is 10.4. The van der Waals surface area contributed by atoms with Gasteiger partial charge in [-0.1, -0.05) is 26.2 Å². The Kier molecular flexibility index (Phi) is 5.22. The molecule has 0 radical (unpaired) electrons. The standard InChI is InChI=1S/C16H29N3O/c1-4-13-6-5-7-14(8-13)9-17-12-16(2,20)15-10-18-19(3)11-15/h10-11,13-14,17,20H,4-9,12H2,1-3H3/t13-,14+,16+/m1/s1. The summed E-state index contributed by atoms with van der Waals surface area (Å²) in [7, 11) is 1.87. The molecule has 114 valence electrons. The van der Waals surface area contributed by atoms with Crippen molar-refractivity contribution in [1.29, 1.82) is 0 Å². The fraction of sp³-hybridized carbons (Fsp3) is 0.812. The first-order valence-corrected chi connectivity index (χ1v) is 7.93. The van der Waals surface area contributed by atoms with Gasteiger partial charge in [0.2, 0.25) is 0 Å². The van der Waals surface area contributed by atoms with E-state index in [-0.39, 0.29) is 0 Å². The van der Waals surface area contributed by atoms with Crippen molar-refractivity contribution in [3.63, 3.8) is 0 Å². The maximum atomic E-state index is 10.5. The van der Waals surface area contributed by atoms with E-state index >= 15 is 0 Å². The molecule has 0 saturated heterocycles. The van der Waals surface area contributed by atoms with E-state index in [0.29, 0.717) is 6.54 Å². The molecule has 0 bridgehead atoms. The van der Waals surface area contributed by atoms with Crippen LogP contribution in [0.5, 0.6) is 0 Å². The topological polar surface area (TPSA) is 50.1 Å². The van der Waals surface area contributed by atoms with Gasteiger partial charge in [0.05, 0.1) is 6.20 Å². The maximum absolute atomic E-state index is 10.5. The minimum absolute atomic E-state index is 0.589. The Morgan fingerprint density at radius 1 is 1.45 bits per heavy atom. The fourth-order valence-electron chi connectivity index (χ4n) is 3.28. The molecule has 0 aromatic carbocycles. The van der Waals surface area contributed by atoms with Crippen LogP contribution in [0.1, 0.15) is 51.5 Å². The van der Waals surface area contributed by atoms with E-state index in [1.54, 1.807) is 10.9 Å². The third-order valence-corrected chi connectivity index (χ3v) is 4.70. The third kappa shape index (κ3) is 4.06. The molecule has 1 aromatic heterocycles. The number of rotatable bonds is 6. The van der Waals surface area contributed by atoms with Gasteiger partial charge in [-0.25, -0.2) is 0 Å². The second kappa shape index (κ2) is 6.72. The quantitative estimate of drug-likeness (QED) is 0.841. The van der Waals surface area contributed by atoms with E-state index in [1.807, 2.05) is 20.2 Å². The fourth-order valence-corrected chi connectivity index (χ4v) is 3.28. The molecule has 20 heavy (non-hydrogen) atoms. The summed E-state index contributed by atoms with van der Waals surface area (Å²) in [6.45, 7) is 5.76. The van der Waals surface area contributed by atoms with E-state index in [9.17, 15) is 5.11 Å². The maximum Gasteiger partial charge on any atom is 0.102 e. The highest BCUT2D eigenvalue weighted by molar-refractivity contribution is 5.14. The summed E-state index contributed by atoms with van der Waals surface area (Å²) in [5.41, 5.74) is 0.0372. The minimum Gasteiger partial charge on any atom is -0.384 e. The molecule has 1 heterocycles. The van der Waals surface area contributed by atoms with Crippen molar-refractivity contribution >= 4 is 0 Å². The number of hydrogen-bond acceptors (Lipinski definition) is 3. The highest BCUT2D eigenvalue weighted by Gasteiger charge is 2.26. The van der Waals surface area contributed by atoms with E-state index < -0.39 is 5.60 Å². The van der Waals surface area contributed by atoms with Crippen LogP contribution in [0.3, 0.4) is 0 Å². The lowest BCUT2D eigenvalue weighted by Gasteiger charge is -2.30. The van der Waals surface area contributed by atoms with Crippen LogP contribution in [-0.2, 0) is 12.6 Å². The zero-order valence-electron chi connectivity index (χ0n) is 13.1. The van der Waals surface area contributed by atoms with Crippen LogP contribution in [0, 0.1) is 11.8 Å². The van der Waals surface area contributed by atoms with E-state index in [2.05, 4.69) is 17.3 Å². The summed E-state index contributed by atoms with van der Waals surface area (Å²) in [6, 6.07) is 0. The monoisotopic (exact) mass is 279 g/mol. The van der Waals surface area contributed by atoms with E-state index in [0.717, 1.165) is 23.9 Å². The second-order valence-electron chi connectivity index (χ2n) is 6.61. The van der Waals surface area contributed by atoms with Crippen molar-refractivity contribution in [2.75, 3.05) is 13.1 Å². The van der Waals surface area contributed by atoms with Gasteiger partial charge < -0.3 is 10.4 Å². The van der Waals surface area contributed by atoms with Crippen molar-refractivity contribution in [3.05, 3.63) is 18.0 Å². The lowest BCUT2D eigenvalue weighted by atomic mass is 9.80. The molecule has 3 atom stereocenters. The molecule has 1 fully saturated rings. The molecular formula is C16H29N3O. The van der Waals surface area contributed by atoms with Gasteiger partial charge >= 0.3 is 0 Å². The van der Waals surface area contributed by atoms with Gasteiger partial charge in [-0.2, -0.15) is 5.10 Å². The number of hydrogen-bond donors (Lipinski definition) is 2. The van der Waals surface area contributed by atoms with Gasteiger partial charge in [0.15, 0.2) is 0 Å². The Hall–Kier alpha value is -0.870. The zero-order chi connectivity index (χ0) is 14.6. The molecule has 0 spiro atoms. The van der Waals surface area contributed by atoms with Crippen molar-refractivity contribution in [2.45, 2.75) is 51.6 Å². The van der Waals surface area contributed by atoms with Crippen molar-refractivity contribution in [3.8, 4) is 0 Å². The van der Waals surface area contributed by atoms with E-state index in [4.69, 9.17) is 0 Å². The van der Waals surface area contributed by atoms with E-state index in [1.165, 1.54) is 32.1 Å². The van der Waals surface area contributed by atoms with Crippen LogP contribution >= 0.6 is 0 Å². The average Bonchev–Trinajstić information content (AvgIpc) is 2.86. The molecule has 2 rings (SSSR count). The minimum atomic E-state index is -0.840. The van der Waals surface area contributed by atoms with Crippen LogP contribution < -0.4 is 5.32 Å². The van der Waals surface area contributed by atoms with Gasteiger partial charge in [0.25, 0.3) is 0 Å². The van der Waals surface area contributed by atoms with Crippen LogP contribution in [0.2, 0.25) is 0 Å². The Morgan fingerprint density at radius 2 is 2.20 bits per heavy atom. The van der Waals surface area contributed by atoms with Crippen molar-refractivity contribution in [1.82, 2.24) is 15.1 Å². The molecule has 1 aliphatic rings. The molecule has 4 nitrogen and oxygen atoms in total. The van der Waals surface area contributed by atoms with Gasteiger partial charge in [-0.05, 0) is 38.1 Å². The molecule has 0 unspecified atom stereocenters. The first kappa shape index (κ1) is 15.5. The molecule has 4 heteroatoms. The SMILES string of the molecule is CC[C@@H]1CCC[C@H](CNC[C@](C)(O)c2cnn(C)c2)C1. The Morgan fingerprint density at radius 3 is 2.85 bits per heavy atom. The number of nitrogens with zero attached hydrogens (tertiary/aromatic N) is 2. The normalized spacial score (nSPS) is 26.4. The second-order valence-corrected chi connectivity index (χ2v) is 6.61. The summed E-state index contributed by atoms with van der Waals surface area (Å²) < 4.78 is 1.73. The number of aromatic nitrogens is 2. The molecular weight excluding hydrogens is 250 g/mol. The van der Waals surface area contributed by atoms with Crippen molar-refractivity contribution in [2.24, 2.45) is 18.9 Å². The predicted molar refractivity (Wildman–Crippen MR) is 81.4 cm³/mol. The Labute approximate surface area is 122 Å². The van der Waals surface area contributed by atoms with Crippen LogP contribution in [-0.4, -0.2) is 28.0 Å². The van der Waals surface area contributed by atoms with Gasteiger partial charge in [-0.3, -0.25) is 4.68 Å². The summed E-state index contributed by atoms with van der Waals surface area (Å²) in [4.78, 5) is 0. The molecule has 2 N–H and O–H groups in total. The molecule has 0 aliphatic heterocycles. The zero-order valence-corrected chi connectivity index (χ0v) is 13.1. The summed E-state index contributed by atoms with van der Waals surface area (Å²) in [5, 5.41) is 18.1. The number of aliphatic hydroxyl groups is 1. The van der Waals surface area contributed by atoms with Gasteiger partial charge in [-0.15, -0.1) is 0 Å². The summed E-state index contributed by atoms with van der Waals surface area (Å²) >= 11 is 0. The predicted octanol–water partition coefficient (Wildman–Crippen LogP) is 2.43. The molecule has 0 amide bonds. The average molecular weight is 279 g/mol. The highest BCUT2D eigenvalue weighted by Crippen LogP contribution is 2.30. The van der Waals surface area contributed by atoms with Crippen LogP contribution in [0.15, 0.2) is 12.4 Å². The lowest BCUT2D eigenvalue weighted by molar-refractivity contribution is 0.0549. The first-order chi connectivity index (χ1) is 9.51. The van der Waals surface area contributed by atoms with Crippen molar-refractivity contribution < 1.29 is 5.11 Å².